The van der Waals surface area contributed by atoms with E-state index >= 15 is 0 Å². The molecule has 0 saturated carbocycles. The topological polar surface area (TPSA) is 55.5 Å². The normalized spacial score (nSPS) is 14.0. The second kappa shape index (κ2) is 9.80. The summed E-state index contributed by atoms with van der Waals surface area (Å²) in [6, 6.07) is 6.18. The van der Waals surface area contributed by atoms with E-state index in [1.807, 2.05) is 6.07 Å². The molecule has 0 spiro atoms. The van der Waals surface area contributed by atoms with Crippen molar-refractivity contribution in [3.63, 3.8) is 0 Å². The molecule has 0 aliphatic carbocycles. The molecule has 3 heteroatoms. The molecule has 0 aliphatic rings. The Labute approximate surface area is 129 Å². The van der Waals surface area contributed by atoms with Crippen LogP contribution in [0.5, 0.6) is 5.75 Å². The van der Waals surface area contributed by atoms with Gasteiger partial charge < -0.3 is 15.6 Å². The zero-order valence-corrected chi connectivity index (χ0v) is 13.8. The van der Waals surface area contributed by atoms with E-state index in [4.69, 9.17) is 10.5 Å². The van der Waals surface area contributed by atoms with Crippen molar-refractivity contribution in [2.24, 2.45) is 5.73 Å². The van der Waals surface area contributed by atoms with Crippen molar-refractivity contribution in [2.75, 3.05) is 6.61 Å². The van der Waals surface area contributed by atoms with Crippen LogP contribution in [0.2, 0.25) is 0 Å². The second-order valence-corrected chi connectivity index (χ2v) is 5.69. The first-order chi connectivity index (χ1) is 10.1. The number of aryl methyl sites for hydroxylation is 2. The lowest BCUT2D eigenvalue weighted by molar-refractivity contribution is 0.131. The van der Waals surface area contributed by atoms with Crippen LogP contribution in [-0.4, -0.2) is 23.9 Å². The molecule has 2 atom stereocenters. The number of hydrogen-bond acceptors (Lipinski definition) is 3. The molecule has 0 saturated heterocycles. The molecular weight excluding hydrogens is 262 g/mol. The molecule has 120 valence electrons. The number of rotatable bonds is 10. The van der Waals surface area contributed by atoms with E-state index in [9.17, 15) is 5.11 Å². The maximum atomic E-state index is 10.1. The van der Waals surface area contributed by atoms with Gasteiger partial charge in [-0.1, -0.05) is 33.3 Å². The highest BCUT2D eigenvalue weighted by atomic mass is 16.5. The summed E-state index contributed by atoms with van der Waals surface area (Å²) in [6.45, 7) is 7.11. The summed E-state index contributed by atoms with van der Waals surface area (Å²) < 4.78 is 5.68. The summed E-state index contributed by atoms with van der Waals surface area (Å²) in [5, 5.41) is 10.1. The molecule has 0 amide bonds. The molecule has 3 nitrogen and oxygen atoms in total. The molecule has 1 aromatic rings. The minimum absolute atomic E-state index is 0.104. The third-order valence-corrected chi connectivity index (χ3v) is 3.86. The molecule has 2 unspecified atom stereocenters. The average Bonchev–Trinajstić information content (AvgIpc) is 2.50. The lowest BCUT2D eigenvalue weighted by atomic mass is 9.96. The smallest absolute Gasteiger partial charge is 0.119 e. The van der Waals surface area contributed by atoms with E-state index < -0.39 is 6.10 Å². The lowest BCUT2D eigenvalue weighted by Crippen LogP contribution is -2.34. The zero-order chi connectivity index (χ0) is 15.7. The highest BCUT2D eigenvalue weighted by Gasteiger charge is 2.14. The van der Waals surface area contributed by atoms with E-state index in [1.165, 1.54) is 11.1 Å². The van der Waals surface area contributed by atoms with Crippen LogP contribution >= 0.6 is 0 Å². The number of hydrogen-bond donors (Lipinski definition) is 2. The summed E-state index contributed by atoms with van der Waals surface area (Å²) in [7, 11) is 0. The molecule has 1 aromatic carbocycles. The Hall–Kier alpha value is -1.06. The van der Waals surface area contributed by atoms with E-state index in [2.05, 4.69) is 32.9 Å². The van der Waals surface area contributed by atoms with Crippen LogP contribution in [-0.2, 0) is 12.8 Å². The van der Waals surface area contributed by atoms with Gasteiger partial charge in [-0.15, -0.1) is 0 Å². The maximum absolute atomic E-state index is 10.1. The van der Waals surface area contributed by atoms with Crippen LogP contribution in [0, 0.1) is 0 Å². The van der Waals surface area contributed by atoms with Crippen molar-refractivity contribution in [1.82, 2.24) is 0 Å². The predicted molar refractivity (Wildman–Crippen MR) is 88.8 cm³/mol. The van der Waals surface area contributed by atoms with Gasteiger partial charge in [-0.3, -0.25) is 0 Å². The van der Waals surface area contributed by atoms with Gasteiger partial charge in [-0.25, -0.2) is 0 Å². The van der Waals surface area contributed by atoms with Crippen LogP contribution in [0.4, 0.5) is 0 Å². The predicted octanol–water partition coefficient (Wildman–Crippen LogP) is 3.46. The van der Waals surface area contributed by atoms with Gasteiger partial charge in [0.2, 0.25) is 0 Å². The van der Waals surface area contributed by atoms with Gasteiger partial charge in [0, 0.05) is 6.04 Å². The van der Waals surface area contributed by atoms with Crippen molar-refractivity contribution in [1.29, 1.82) is 0 Å². The summed E-state index contributed by atoms with van der Waals surface area (Å²) in [6.07, 6.45) is 5.08. The number of ether oxygens (including phenoxy) is 1. The Morgan fingerprint density at radius 2 is 1.86 bits per heavy atom. The Balaban J connectivity index is 2.61. The molecule has 3 N–H and O–H groups in total. The van der Waals surface area contributed by atoms with Gasteiger partial charge in [-0.05, 0) is 55.4 Å². The SMILES string of the molecule is CCCOc1ccc(CCC(O)C(N)CCC)c(CC)c1. The van der Waals surface area contributed by atoms with Gasteiger partial charge in [0.1, 0.15) is 5.75 Å². The first-order valence-corrected chi connectivity index (χ1v) is 8.30. The van der Waals surface area contributed by atoms with Crippen LogP contribution in [0.15, 0.2) is 18.2 Å². The number of nitrogens with two attached hydrogens (primary N) is 1. The molecule has 0 fully saturated rings. The molecule has 0 heterocycles. The summed E-state index contributed by atoms with van der Waals surface area (Å²) in [5.74, 6) is 0.945. The number of aliphatic hydroxyl groups is 1. The standard InChI is InChI=1S/C18H31NO2/c1-4-7-17(19)18(20)11-9-15-8-10-16(21-12-5-2)13-14(15)6-3/h8,10,13,17-18,20H,4-7,9,11-12,19H2,1-3H3. The number of benzene rings is 1. The second-order valence-electron chi connectivity index (χ2n) is 5.69. The molecule has 0 aromatic heterocycles. The van der Waals surface area contributed by atoms with Crippen LogP contribution in [0.3, 0.4) is 0 Å². The highest BCUT2D eigenvalue weighted by Crippen LogP contribution is 2.21. The highest BCUT2D eigenvalue weighted by molar-refractivity contribution is 5.36. The fourth-order valence-corrected chi connectivity index (χ4v) is 2.53. The monoisotopic (exact) mass is 293 g/mol. The van der Waals surface area contributed by atoms with E-state index in [1.54, 1.807) is 0 Å². The van der Waals surface area contributed by atoms with Gasteiger partial charge in [0.05, 0.1) is 12.7 Å². The largest absolute Gasteiger partial charge is 0.494 e. The first kappa shape index (κ1) is 18.0. The quantitative estimate of drug-likeness (QED) is 0.694. The third-order valence-electron chi connectivity index (χ3n) is 3.86. The Kier molecular flexibility index (Phi) is 8.40. The molecular formula is C18H31NO2. The van der Waals surface area contributed by atoms with Gasteiger partial charge >= 0.3 is 0 Å². The van der Waals surface area contributed by atoms with E-state index in [0.717, 1.165) is 50.9 Å². The van der Waals surface area contributed by atoms with Crippen LogP contribution in [0.25, 0.3) is 0 Å². The Morgan fingerprint density at radius 3 is 2.48 bits per heavy atom. The van der Waals surface area contributed by atoms with Crippen molar-refractivity contribution in [3.8, 4) is 5.75 Å². The summed E-state index contributed by atoms with van der Waals surface area (Å²) in [4.78, 5) is 0. The fourth-order valence-electron chi connectivity index (χ4n) is 2.53. The zero-order valence-electron chi connectivity index (χ0n) is 13.8. The maximum Gasteiger partial charge on any atom is 0.119 e. The molecule has 0 radical (unpaired) electrons. The molecule has 1 rings (SSSR count). The Bertz CT molecular complexity index is 406. The fraction of sp³-hybridized carbons (Fsp3) is 0.667. The third kappa shape index (κ3) is 6.06. The summed E-state index contributed by atoms with van der Waals surface area (Å²) >= 11 is 0. The van der Waals surface area contributed by atoms with E-state index in [0.29, 0.717) is 0 Å². The molecule has 0 aliphatic heterocycles. The van der Waals surface area contributed by atoms with Gasteiger partial charge in [0.15, 0.2) is 0 Å². The molecule has 21 heavy (non-hydrogen) atoms. The first-order valence-electron chi connectivity index (χ1n) is 8.30. The van der Waals surface area contributed by atoms with Crippen molar-refractivity contribution >= 4 is 0 Å². The molecule has 0 bridgehead atoms. The van der Waals surface area contributed by atoms with Crippen molar-refractivity contribution in [3.05, 3.63) is 29.3 Å². The average molecular weight is 293 g/mol. The summed E-state index contributed by atoms with van der Waals surface area (Å²) in [5.41, 5.74) is 8.57. The van der Waals surface area contributed by atoms with Gasteiger partial charge in [-0.2, -0.15) is 0 Å². The minimum Gasteiger partial charge on any atom is -0.494 e. The van der Waals surface area contributed by atoms with Crippen LogP contribution < -0.4 is 10.5 Å². The Morgan fingerprint density at radius 1 is 1.10 bits per heavy atom. The van der Waals surface area contributed by atoms with Gasteiger partial charge in [0.25, 0.3) is 0 Å². The van der Waals surface area contributed by atoms with E-state index in [-0.39, 0.29) is 6.04 Å². The van der Waals surface area contributed by atoms with Crippen molar-refractivity contribution < 1.29 is 9.84 Å². The lowest BCUT2D eigenvalue weighted by Gasteiger charge is -2.19. The number of aliphatic hydroxyl groups excluding tert-OH is 1. The van der Waals surface area contributed by atoms with Crippen molar-refractivity contribution in [2.45, 2.75) is 71.4 Å². The minimum atomic E-state index is -0.411. The van der Waals surface area contributed by atoms with Crippen LogP contribution in [0.1, 0.15) is 57.6 Å².